The highest BCUT2D eigenvalue weighted by Gasteiger charge is 2.40. The Labute approximate surface area is 166 Å². The molecular formula is C19H20ClN3O3S. The van der Waals surface area contributed by atoms with E-state index < -0.39 is 6.04 Å². The highest BCUT2D eigenvalue weighted by Crippen LogP contribution is 2.42. The van der Waals surface area contributed by atoms with Gasteiger partial charge in [0.15, 0.2) is 0 Å². The van der Waals surface area contributed by atoms with E-state index in [1.807, 2.05) is 24.3 Å². The van der Waals surface area contributed by atoms with Crippen LogP contribution in [-0.2, 0) is 9.53 Å². The van der Waals surface area contributed by atoms with Crippen LogP contribution in [0.15, 0.2) is 30.3 Å². The normalized spacial score (nSPS) is 22.1. The fraction of sp³-hybridized carbons (Fsp3) is 0.368. The Hall–Kier alpha value is -2.09. The van der Waals surface area contributed by atoms with Crippen LogP contribution in [0.2, 0.25) is 5.02 Å². The lowest BCUT2D eigenvalue weighted by Crippen LogP contribution is -2.52. The smallest absolute Gasteiger partial charge is 0.262 e. The second kappa shape index (κ2) is 7.50. The highest BCUT2D eigenvalue weighted by atomic mass is 35.5. The summed E-state index contributed by atoms with van der Waals surface area (Å²) in [5.41, 5.74) is 1.83. The summed E-state index contributed by atoms with van der Waals surface area (Å²) >= 11 is 7.51. The largest absolute Gasteiger partial charge is 0.378 e. The SMILES string of the molecule is CNC(=O)C1NC(=O)c2sc(N3CCOCC3)cc2C1c1ccc(Cl)cc1. The number of anilines is 1. The van der Waals surface area contributed by atoms with Crippen molar-refractivity contribution in [2.24, 2.45) is 0 Å². The number of rotatable bonds is 3. The number of likely N-dealkylation sites (N-methyl/N-ethyl adjacent to an activating group) is 1. The molecule has 2 aliphatic rings. The molecule has 2 atom stereocenters. The number of carbonyl (C=O) groups is 2. The molecule has 0 bridgehead atoms. The van der Waals surface area contributed by atoms with E-state index in [0.717, 1.165) is 29.2 Å². The molecule has 0 saturated carbocycles. The number of ether oxygens (including phenoxy) is 1. The number of nitrogens with zero attached hydrogens (tertiary/aromatic N) is 1. The van der Waals surface area contributed by atoms with Crippen molar-refractivity contribution in [3.8, 4) is 0 Å². The summed E-state index contributed by atoms with van der Waals surface area (Å²) in [6.07, 6.45) is 0. The molecule has 2 aromatic rings. The molecule has 1 aromatic carbocycles. The van der Waals surface area contributed by atoms with Crippen molar-refractivity contribution in [3.63, 3.8) is 0 Å². The zero-order chi connectivity index (χ0) is 19.0. The lowest BCUT2D eigenvalue weighted by atomic mass is 9.82. The van der Waals surface area contributed by atoms with E-state index in [0.29, 0.717) is 23.1 Å². The van der Waals surface area contributed by atoms with E-state index in [1.54, 1.807) is 7.05 Å². The van der Waals surface area contributed by atoms with Crippen LogP contribution in [-0.4, -0.2) is 51.2 Å². The average molecular weight is 406 g/mol. The van der Waals surface area contributed by atoms with Crippen LogP contribution in [0.25, 0.3) is 0 Å². The van der Waals surface area contributed by atoms with Gasteiger partial charge in [-0.3, -0.25) is 9.59 Å². The van der Waals surface area contributed by atoms with Gasteiger partial charge < -0.3 is 20.3 Å². The fourth-order valence-electron chi connectivity index (χ4n) is 3.62. The summed E-state index contributed by atoms with van der Waals surface area (Å²) in [7, 11) is 1.58. The number of nitrogens with one attached hydrogen (secondary N) is 2. The number of carbonyl (C=O) groups excluding carboxylic acids is 2. The summed E-state index contributed by atoms with van der Waals surface area (Å²) in [6, 6.07) is 8.83. The summed E-state index contributed by atoms with van der Waals surface area (Å²) in [5, 5.41) is 7.22. The summed E-state index contributed by atoms with van der Waals surface area (Å²) in [4.78, 5) is 28.1. The molecule has 1 fully saturated rings. The number of halogens is 1. The van der Waals surface area contributed by atoms with Crippen molar-refractivity contribution in [2.45, 2.75) is 12.0 Å². The van der Waals surface area contributed by atoms with Crippen molar-refractivity contribution in [1.82, 2.24) is 10.6 Å². The van der Waals surface area contributed by atoms with E-state index in [-0.39, 0.29) is 17.7 Å². The maximum Gasteiger partial charge on any atom is 0.262 e. The topological polar surface area (TPSA) is 70.7 Å². The van der Waals surface area contributed by atoms with Gasteiger partial charge >= 0.3 is 0 Å². The van der Waals surface area contributed by atoms with E-state index in [2.05, 4.69) is 21.6 Å². The molecule has 2 amide bonds. The molecule has 0 spiro atoms. The molecule has 142 valence electrons. The van der Waals surface area contributed by atoms with Crippen molar-refractivity contribution in [3.05, 3.63) is 51.4 Å². The zero-order valence-electron chi connectivity index (χ0n) is 14.8. The molecular weight excluding hydrogens is 386 g/mol. The van der Waals surface area contributed by atoms with E-state index in [4.69, 9.17) is 16.3 Å². The lowest BCUT2D eigenvalue weighted by Gasteiger charge is -2.31. The van der Waals surface area contributed by atoms with Crippen LogP contribution in [0.1, 0.15) is 26.7 Å². The number of hydrogen-bond acceptors (Lipinski definition) is 5. The minimum absolute atomic E-state index is 0.201. The molecule has 1 saturated heterocycles. The average Bonchev–Trinajstić information content (AvgIpc) is 3.15. The number of morpholine rings is 1. The standard InChI is InChI=1S/C19H20ClN3O3S/c1-21-18(24)16-15(11-2-4-12(20)5-3-11)13-10-14(23-6-8-26-9-7-23)27-17(13)19(25)22-16/h2-5,10,15-16H,6-9H2,1H3,(H,21,24)(H,22,25). The van der Waals surface area contributed by atoms with E-state index >= 15 is 0 Å². The predicted octanol–water partition coefficient (Wildman–Crippen LogP) is 2.23. The Morgan fingerprint density at radius 1 is 1.30 bits per heavy atom. The Bertz CT molecular complexity index is 862. The zero-order valence-corrected chi connectivity index (χ0v) is 16.4. The minimum atomic E-state index is -0.664. The van der Waals surface area contributed by atoms with Gasteiger partial charge in [-0.2, -0.15) is 0 Å². The van der Waals surface area contributed by atoms with Gasteiger partial charge in [0, 0.05) is 31.1 Å². The number of amides is 2. The highest BCUT2D eigenvalue weighted by molar-refractivity contribution is 7.18. The molecule has 0 radical (unpaired) electrons. The Balaban J connectivity index is 1.79. The number of hydrogen-bond donors (Lipinski definition) is 2. The molecule has 2 aliphatic heterocycles. The molecule has 2 unspecified atom stereocenters. The number of thiophene rings is 1. The maximum atomic E-state index is 12.7. The molecule has 4 rings (SSSR count). The van der Waals surface area contributed by atoms with Gasteiger partial charge in [0.05, 0.1) is 23.1 Å². The summed E-state index contributed by atoms with van der Waals surface area (Å²) in [6.45, 7) is 2.95. The first-order valence-corrected chi connectivity index (χ1v) is 10.0. The van der Waals surface area contributed by atoms with E-state index in [9.17, 15) is 9.59 Å². The minimum Gasteiger partial charge on any atom is -0.378 e. The van der Waals surface area contributed by atoms with Gasteiger partial charge in [-0.1, -0.05) is 23.7 Å². The van der Waals surface area contributed by atoms with Crippen LogP contribution in [0.5, 0.6) is 0 Å². The van der Waals surface area contributed by atoms with E-state index in [1.165, 1.54) is 11.3 Å². The second-order valence-electron chi connectivity index (χ2n) is 6.56. The monoisotopic (exact) mass is 405 g/mol. The number of benzene rings is 1. The molecule has 27 heavy (non-hydrogen) atoms. The van der Waals surface area contributed by atoms with Gasteiger partial charge in [-0.05, 0) is 29.3 Å². The van der Waals surface area contributed by atoms with Crippen LogP contribution in [0, 0.1) is 0 Å². The Kier molecular flexibility index (Phi) is 5.08. The van der Waals surface area contributed by atoms with Crippen molar-refractivity contribution in [1.29, 1.82) is 0 Å². The maximum absolute atomic E-state index is 12.7. The predicted molar refractivity (Wildman–Crippen MR) is 106 cm³/mol. The first-order chi connectivity index (χ1) is 13.1. The van der Waals surface area contributed by atoms with Crippen molar-refractivity contribution >= 4 is 39.8 Å². The molecule has 6 nitrogen and oxygen atoms in total. The summed E-state index contributed by atoms with van der Waals surface area (Å²) < 4.78 is 5.43. The van der Waals surface area contributed by atoms with Gasteiger partial charge in [-0.15, -0.1) is 11.3 Å². The molecule has 3 heterocycles. The molecule has 8 heteroatoms. The first-order valence-electron chi connectivity index (χ1n) is 8.83. The third-order valence-electron chi connectivity index (χ3n) is 4.99. The van der Waals surface area contributed by atoms with Gasteiger partial charge in [0.1, 0.15) is 6.04 Å². The van der Waals surface area contributed by atoms with Crippen LogP contribution in [0.3, 0.4) is 0 Å². The Morgan fingerprint density at radius 3 is 2.67 bits per heavy atom. The van der Waals surface area contributed by atoms with Gasteiger partial charge in [0.25, 0.3) is 5.91 Å². The van der Waals surface area contributed by atoms with Crippen LogP contribution >= 0.6 is 22.9 Å². The second-order valence-corrected chi connectivity index (χ2v) is 8.03. The van der Waals surface area contributed by atoms with Crippen molar-refractivity contribution < 1.29 is 14.3 Å². The first kappa shape index (κ1) is 18.3. The van der Waals surface area contributed by atoms with Gasteiger partial charge in [0.2, 0.25) is 5.91 Å². The van der Waals surface area contributed by atoms with Crippen LogP contribution < -0.4 is 15.5 Å². The Morgan fingerprint density at radius 2 is 2.00 bits per heavy atom. The molecule has 0 aliphatic carbocycles. The molecule has 1 aromatic heterocycles. The summed E-state index contributed by atoms with van der Waals surface area (Å²) in [5.74, 6) is -0.678. The van der Waals surface area contributed by atoms with Crippen molar-refractivity contribution in [2.75, 3.05) is 38.3 Å². The van der Waals surface area contributed by atoms with Gasteiger partial charge in [-0.25, -0.2) is 0 Å². The fourth-order valence-corrected chi connectivity index (χ4v) is 4.91. The lowest BCUT2D eigenvalue weighted by molar-refractivity contribution is -0.122. The molecule has 2 N–H and O–H groups in total. The number of fused-ring (bicyclic) bond motifs is 1. The third kappa shape index (κ3) is 3.42. The third-order valence-corrected chi connectivity index (χ3v) is 6.45. The quantitative estimate of drug-likeness (QED) is 0.821. The van der Waals surface area contributed by atoms with Crippen LogP contribution in [0.4, 0.5) is 5.00 Å².